The third-order valence-electron chi connectivity index (χ3n) is 4.96. The van der Waals surface area contributed by atoms with Gasteiger partial charge in [-0.15, -0.1) is 0 Å². The minimum atomic E-state index is -7.60. The van der Waals surface area contributed by atoms with Crippen molar-refractivity contribution in [2.45, 2.75) is 67.2 Å². The number of rotatable bonds is 10. The van der Waals surface area contributed by atoms with Gasteiger partial charge in [0.15, 0.2) is 0 Å². The second-order valence-electron chi connectivity index (χ2n) is 7.43. The topological polar surface area (TPSA) is 19.9 Å². The third-order valence-corrected chi connectivity index (χ3v) is 4.96. The van der Waals surface area contributed by atoms with E-state index in [1.807, 2.05) is 0 Å². The van der Waals surface area contributed by atoms with Crippen molar-refractivity contribution >= 4 is 0 Å². The summed E-state index contributed by atoms with van der Waals surface area (Å²) in [6.07, 6.45) is -18.3. The van der Waals surface area contributed by atoms with Crippen LogP contribution >= 0.6 is 0 Å². The van der Waals surface area contributed by atoms with Gasteiger partial charge in [-0.1, -0.05) is 18.2 Å². The van der Waals surface area contributed by atoms with Crippen LogP contribution in [0.1, 0.15) is 29.5 Å². The van der Waals surface area contributed by atoms with Crippen LogP contribution in [0.15, 0.2) is 18.2 Å². The first kappa shape index (κ1) is 32.9. The maximum atomic E-state index is 14.5. The van der Waals surface area contributed by atoms with Crippen molar-refractivity contribution in [3.63, 3.8) is 0 Å². The Morgan fingerprint density at radius 1 is 0.486 bits per heavy atom. The summed E-state index contributed by atoms with van der Waals surface area (Å²) in [5.41, 5.74) is -8.24. The highest BCUT2D eigenvalue weighted by Crippen LogP contribution is 2.60. The lowest BCUT2D eigenvalue weighted by Crippen LogP contribution is -2.60. The van der Waals surface area contributed by atoms with Crippen molar-refractivity contribution in [1.82, 2.24) is 0 Å². The lowest BCUT2D eigenvalue weighted by atomic mass is 9.84. The molecule has 1 radical (unpaired) electrons. The van der Waals surface area contributed by atoms with E-state index < -0.39 is 103 Å². The Balaban J connectivity index is 4.03. The van der Waals surface area contributed by atoms with Crippen LogP contribution in [-0.4, -0.2) is 42.6 Å². The second kappa shape index (κ2) is 9.59. The van der Waals surface area contributed by atoms with Gasteiger partial charge in [0.05, 0.1) is 6.61 Å². The maximum absolute atomic E-state index is 14.5. The molecule has 0 fully saturated rings. The summed E-state index contributed by atoms with van der Waals surface area (Å²) in [5, 5.41) is 10.5. The molecule has 37 heavy (non-hydrogen) atoms. The van der Waals surface area contributed by atoms with E-state index >= 15 is 0 Å². The molecule has 19 heteroatoms. The van der Waals surface area contributed by atoms with Crippen molar-refractivity contribution < 1.29 is 84.1 Å². The van der Waals surface area contributed by atoms with Gasteiger partial charge in [-0.3, -0.25) is 0 Å². The van der Waals surface area contributed by atoms with Crippen LogP contribution in [0.3, 0.4) is 0 Å². The van der Waals surface area contributed by atoms with Gasteiger partial charge < -0.3 is 0 Å². The molecule has 0 aliphatic heterocycles. The van der Waals surface area contributed by atoms with E-state index in [0.29, 0.717) is 0 Å². The Morgan fingerprint density at radius 3 is 1.08 bits per heavy atom. The molecule has 215 valence electrons. The Hall–Kier alpha value is -2.08. The Labute approximate surface area is 194 Å². The van der Waals surface area contributed by atoms with Gasteiger partial charge in [0.1, 0.15) is 0 Å². The number of hydrogen-bond donors (Lipinski definition) is 0. The lowest BCUT2D eigenvalue weighted by molar-refractivity contribution is -0.400. The molecule has 0 saturated carbocycles. The largest absolute Gasteiger partial charge is 0.460 e. The minimum absolute atomic E-state index is 0.368. The number of benzene rings is 1. The van der Waals surface area contributed by atoms with Crippen LogP contribution in [0.25, 0.3) is 0 Å². The summed E-state index contributed by atoms with van der Waals surface area (Å²) in [5.74, 6) is -44.0. The molecule has 0 aliphatic carbocycles. The van der Waals surface area contributed by atoms with E-state index in [9.17, 15) is 84.1 Å². The van der Waals surface area contributed by atoms with Crippen molar-refractivity contribution in [2.24, 2.45) is 0 Å². The van der Waals surface area contributed by atoms with Crippen molar-refractivity contribution in [3.05, 3.63) is 34.9 Å². The van der Waals surface area contributed by atoms with Crippen LogP contribution < -0.4 is 0 Å². The number of hydrogen-bond acceptors (Lipinski definition) is 0. The molecule has 1 aromatic rings. The van der Waals surface area contributed by atoms with Crippen molar-refractivity contribution in [3.8, 4) is 0 Å². The van der Waals surface area contributed by atoms with E-state index in [4.69, 9.17) is 0 Å². The number of unbranched alkanes of at least 4 members (excludes halogenated alkanes) is 1. The molecule has 1 rings (SSSR count). The highest BCUT2D eigenvalue weighted by Gasteiger charge is 2.84. The Bertz CT molecular complexity index is 875. The molecule has 1 nitrogen and oxygen atoms in total. The van der Waals surface area contributed by atoms with Gasteiger partial charge in [-0.2, -0.15) is 79.0 Å². The van der Waals surface area contributed by atoms with E-state index in [2.05, 4.69) is 0 Å². The predicted octanol–water partition coefficient (Wildman–Crippen LogP) is 8.29. The SMILES string of the molecule is [O]CCCCc1c(C(F)(F)C(F)(F)C(F)(F)C(F)(F)F)cccc1C(F)(F)C(F)(F)C(F)(F)C(F)(F)F. The second-order valence-corrected chi connectivity index (χ2v) is 7.43. The smallest absolute Gasteiger partial charge is 0.237 e. The standard InChI is InChI=1S/C18H11F18O/c19-11(20,13(23,24)15(27,28)17(31,32)33)9-5-3-6-10(8(9)4-1-2-7-37)12(21,22)14(25,26)16(29,30)18(34,35)36/h3,5-6H,1-2,4,7H2. The first-order valence-electron chi connectivity index (χ1n) is 9.29. The highest BCUT2D eigenvalue weighted by molar-refractivity contribution is 5.43. The fourth-order valence-electron chi connectivity index (χ4n) is 2.94. The zero-order chi connectivity index (χ0) is 29.7. The minimum Gasteiger partial charge on any atom is -0.237 e. The van der Waals surface area contributed by atoms with Crippen LogP contribution in [0, 0.1) is 0 Å². The van der Waals surface area contributed by atoms with Gasteiger partial charge in [0.2, 0.25) is 0 Å². The molecule has 0 aromatic heterocycles. The van der Waals surface area contributed by atoms with Gasteiger partial charge in [-0.05, 0) is 24.8 Å². The molecule has 1 aromatic carbocycles. The van der Waals surface area contributed by atoms with Crippen molar-refractivity contribution in [2.75, 3.05) is 6.61 Å². The number of halogens is 18. The van der Waals surface area contributed by atoms with Gasteiger partial charge in [0.25, 0.3) is 0 Å². The van der Waals surface area contributed by atoms with E-state index in [1.54, 1.807) is 0 Å². The van der Waals surface area contributed by atoms with Crippen molar-refractivity contribution in [1.29, 1.82) is 0 Å². The quantitative estimate of drug-likeness (QED) is 0.195. The first-order valence-corrected chi connectivity index (χ1v) is 9.29. The Kier molecular flexibility index (Phi) is 8.54. The maximum Gasteiger partial charge on any atom is 0.460 e. The van der Waals surface area contributed by atoms with E-state index in [-0.39, 0.29) is 6.07 Å². The average Bonchev–Trinajstić information content (AvgIpc) is 2.71. The van der Waals surface area contributed by atoms with Crippen LogP contribution in [0.2, 0.25) is 0 Å². The zero-order valence-corrected chi connectivity index (χ0v) is 17.3. The Morgan fingerprint density at radius 2 is 0.811 bits per heavy atom. The van der Waals surface area contributed by atoms with E-state index in [0.717, 1.165) is 0 Å². The summed E-state index contributed by atoms with van der Waals surface area (Å²) < 4.78 is 241. The fraction of sp³-hybridized carbons (Fsp3) is 0.667. The molecule has 0 atom stereocenters. The number of alkyl halides is 18. The monoisotopic (exact) mass is 585 g/mol. The normalized spacial score (nSPS) is 15.3. The molecule has 0 bridgehead atoms. The molecule has 0 N–H and O–H groups in total. The van der Waals surface area contributed by atoms with Gasteiger partial charge >= 0.3 is 47.9 Å². The molecule has 0 heterocycles. The van der Waals surface area contributed by atoms with Gasteiger partial charge in [0, 0.05) is 11.1 Å². The summed E-state index contributed by atoms with van der Waals surface area (Å²) in [6, 6.07) is -1.41. The molecule has 0 unspecified atom stereocenters. The first-order chi connectivity index (χ1) is 16.2. The van der Waals surface area contributed by atoms with E-state index in [1.165, 1.54) is 0 Å². The van der Waals surface area contributed by atoms with Gasteiger partial charge in [-0.25, -0.2) is 5.11 Å². The molecule has 0 spiro atoms. The molecule has 0 aliphatic rings. The average molecular weight is 585 g/mol. The fourth-order valence-corrected chi connectivity index (χ4v) is 2.94. The zero-order valence-electron chi connectivity index (χ0n) is 17.3. The summed E-state index contributed by atoms with van der Waals surface area (Å²) in [6.45, 7) is -1.20. The van der Waals surface area contributed by atoms with Crippen LogP contribution in [-0.2, 0) is 23.4 Å². The predicted molar refractivity (Wildman–Crippen MR) is 84.6 cm³/mol. The lowest BCUT2D eigenvalue weighted by Gasteiger charge is -2.37. The molecular formula is C18H11F18O. The van der Waals surface area contributed by atoms with Crippen LogP contribution in [0.5, 0.6) is 0 Å². The summed E-state index contributed by atoms with van der Waals surface area (Å²) >= 11 is 0. The third kappa shape index (κ3) is 5.03. The highest BCUT2D eigenvalue weighted by atomic mass is 19.4. The molecule has 0 saturated heterocycles. The van der Waals surface area contributed by atoms with Crippen LogP contribution in [0.4, 0.5) is 79.0 Å². The molecule has 0 amide bonds. The summed E-state index contributed by atoms with van der Waals surface area (Å²) in [7, 11) is 0. The summed E-state index contributed by atoms with van der Waals surface area (Å²) in [4.78, 5) is 0. The molecular weight excluding hydrogens is 574 g/mol.